The molecule has 182 valence electrons. The van der Waals surface area contributed by atoms with E-state index in [2.05, 4.69) is 25.0 Å². The van der Waals surface area contributed by atoms with Crippen LogP contribution in [0.2, 0.25) is 0 Å². The molecule has 1 unspecified atom stereocenters. The van der Waals surface area contributed by atoms with Gasteiger partial charge in [-0.1, -0.05) is 11.8 Å². The van der Waals surface area contributed by atoms with Crippen LogP contribution in [0, 0.1) is 12.8 Å². The fourth-order valence-corrected chi connectivity index (χ4v) is 5.84. The standard InChI is InChI=1S/C23H27F3N6OS/c1-15-20(33-14-27-15)21-28-29-22(30(21)2)34-11-3-9-31-12-16-8-10-32(19(16)13-31)18-6-4-17(5-7-18)23(24,25)26/h4-7,14,16,19H,3,8-13H2,1-2H3/t16?,19-/m0/s1. The predicted octanol–water partition coefficient (Wildman–Crippen LogP) is 4.49. The first-order valence-electron chi connectivity index (χ1n) is 11.4. The lowest BCUT2D eigenvalue weighted by atomic mass is 10.0. The number of halogens is 3. The average molecular weight is 493 g/mol. The topological polar surface area (TPSA) is 63.2 Å². The fraction of sp³-hybridized carbons (Fsp3) is 0.522. The normalized spacial score (nSPS) is 20.9. The third-order valence-corrected chi connectivity index (χ3v) is 7.89. The van der Waals surface area contributed by atoms with Crippen LogP contribution in [0.1, 0.15) is 24.1 Å². The maximum absolute atomic E-state index is 12.9. The van der Waals surface area contributed by atoms with Crippen molar-refractivity contribution >= 4 is 17.4 Å². The fourth-order valence-electron chi connectivity index (χ4n) is 5.00. The van der Waals surface area contributed by atoms with Gasteiger partial charge in [0.15, 0.2) is 17.3 Å². The first kappa shape index (κ1) is 23.2. The summed E-state index contributed by atoms with van der Waals surface area (Å²) in [5.41, 5.74) is 1.08. The number of aryl methyl sites for hydroxylation is 1. The highest BCUT2D eigenvalue weighted by Crippen LogP contribution is 2.37. The number of thioether (sulfide) groups is 1. The Labute approximate surface area is 200 Å². The van der Waals surface area contributed by atoms with Gasteiger partial charge in [-0.3, -0.25) is 0 Å². The molecule has 0 radical (unpaired) electrons. The van der Waals surface area contributed by atoms with E-state index >= 15 is 0 Å². The number of fused-ring (bicyclic) bond motifs is 1. The number of rotatable bonds is 7. The van der Waals surface area contributed by atoms with Gasteiger partial charge < -0.3 is 18.8 Å². The second kappa shape index (κ2) is 9.26. The van der Waals surface area contributed by atoms with Gasteiger partial charge in [0.05, 0.1) is 11.3 Å². The number of benzene rings is 1. The Kier molecular flexibility index (Phi) is 6.32. The molecule has 1 aromatic carbocycles. The van der Waals surface area contributed by atoms with E-state index in [4.69, 9.17) is 4.42 Å². The van der Waals surface area contributed by atoms with Gasteiger partial charge >= 0.3 is 6.18 Å². The van der Waals surface area contributed by atoms with Crippen molar-refractivity contribution in [2.45, 2.75) is 37.1 Å². The molecule has 0 spiro atoms. The van der Waals surface area contributed by atoms with Gasteiger partial charge in [0.1, 0.15) is 0 Å². The van der Waals surface area contributed by atoms with Crippen molar-refractivity contribution in [3.8, 4) is 11.6 Å². The highest BCUT2D eigenvalue weighted by Gasteiger charge is 2.41. The molecule has 7 nitrogen and oxygen atoms in total. The highest BCUT2D eigenvalue weighted by molar-refractivity contribution is 7.99. The van der Waals surface area contributed by atoms with Crippen molar-refractivity contribution in [3.05, 3.63) is 41.9 Å². The van der Waals surface area contributed by atoms with Crippen molar-refractivity contribution in [1.82, 2.24) is 24.6 Å². The molecule has 0 saturated carbocycles. The Balaban J connectivity index is 1.11. The second-order valence-corrected chi connectivity index (χ2v) is 10.0. The van der Waals surface area contributed by atoms with E-state index in [9.17, 15) is 13.2 Å². The van der Waals surface area contributed by atoms with Gasteiger partial charge in [-0.25, -0.2) is 4.98 Å². The smallest absolute Gasteiger partial charge is 0.416 e. The van der Waals surface area contributed by atoms with Gasteiger partial charge in [0.25, 0.3) is 0 Å². The van der Waals surface area contributed by atoms with E-state index in [0.717, 1.165) is 61.3 Å². The van der Waals surface area contributed by atoms with E-state index in [1.807, 2.05) is 18.5 Å². The van der Waals surface area contributed by atoms with Crippen LogP contribution in [0.3, 0.4) is 0 Å². The van der Waals surface area contributed by atoms with Gasteiger partial charge in [0, 0.05) is 44.2 Å². The quantitative estimate of drug-likeness (QED) is 0.356. The van der Waals surface area contributed by atoms with Gasteiger partial charge in [0.2, 0.25) is 5.82 Å². The van der Waals surface area contributed by atoms with E-state index in [1.54, 1.807) is 23.9 Å². The van der Waals surface area contributed by atoms with Crippen LogP contribution in [0.5, 0.6) is 0 Å². The SMILES string of the molecule is Cc1ncoc1-c1nnc(SCCCN2CC3CCN(c4ccc(C(F)(F)F)cc4)[C@H]3C2)n1C. The van der Waals surface area contributed by atoms with E-state index in [0.29, 0.717) is 23.5 Å². The molecule has 2 aliphatic heterocycles. The lowest BCUT2D eigenvalue weighted by molar-refractivity contribution is -0.137. The Morgan fingerprint density at radius 3 is 2.65 bits per heavy atom. The van der Waals surface area contributed by atoms with Gasteiger partial charge in [-0.05, 0) is 56.5 Å². The van der Waals surface area contributed by atoms with Crippen molar-refractivity contribution in [2.75, 3.05) is 36.8 Å². The zero-order valence-electron chi connectivity index (χ0n) is 19.1. The number of anilines is 1. The molecule has 0 aliphatic carbocycles. The Morgan fingerprint density at radius 2 is 1.94 bits per heavy atom. The van der Waals surface area contributed by atoms with Crippen molar-refractivity contribution in [1.29, 1.82) is 0 Å². The average Bonchev–Trinajstić information content (AvgIpc) is 3.56. The number of oxazole rings is 1. The van der Waals surface area contributed by atoms with Crippen LogP contribution >= 0.6 is 11.8 Å². The second-order valence-electron chi connectivity index (χ2n) is 8.95. The summed E-state index contributed by atoms with van der Waals surface area (Å²) in [6.07, 6.45) is -0.778. The molecule has 2 aromatic heterocycles. The minimum atomic E-state index is -4.30. The van der Waals surface area contributed by atoms with Crippen molar-refractivity contribution < 1.29 is 17.6 Å². The van der Waals surface area contributed by atoms with Crippen LogP contribution in [0.4, 0.5) is 18.9 Å². The van der Waals surface area contributed by atoms with Crippen LogP contribution in [-0.2, 0) is 13.2 Å². The summed E-state index contributed by atoms with van der Waals surface area (Å²) < 4.78 is 46.0. The number of likely N-dealkylation sites (tertiary alicyclic amines) is 1. The summed E-state index contributed by atoms with van der Waals surface area (Å²) in [6.45, 7) is 5.78. The molecule has 3 aromatic rings. The molecule has 5 rings (SSSR count). The summed E-state index contributed by atoms with van der Waals surface area (Å²) >= 11 is 1.67. The van der Waals surface area contributed by atoms with Gasteiger partial charge in [-0.15, -0.1) is 10.2 Å². The molecule has 11 heteroatoms. The number of nitrogens with zero attached hydrogens (tertiary/aromatic N) is 6. The number of aromatic nitrogens is 4. The third-order valence-electron chi connectivity index (χ3n) is 6.78. The lowest BCUT2D eigenvalue weighted by Crippen LogP contribution is -2.35. The van der Waals surface area contributed by atoms with E-state index in [1.165, 1.54) is 18.5 Å². The van der Waals surface area contributed by atoms with E-state index in [-0.39, 0.29) is 0 Å². The van der Waals surface area contributed by atoms with Crippen molar-refractivity contribution in [3.63, 3.8) is 0 Å². The molecule has 0 amide bonds. The minimum Gasteiger partial charge on any atom is -0.440 e. The zero-order valence-corrected chi connectivity index (χ0v) is 19.9. The lowest BCUT2D eigenvalue weighted by Gasteiger charge is -2.27. The largest absolute Gasteiger partial charge is 0.440 e. The number of hydrogen-bond donors (Lipinski definition) is 0. The van der Waals surface area contributed by atoms with Crippen LogP contribution < -0.4 is 4.90 Å². The van der Waals surface area contributed by atoms with E-state index < -0.39 is 11.7 Å². The summed E-state index contributed by atoms with van der Waals surface area (Å²) in [7, 11) is 1.93. The first-order chi connectivity index (χ1) is 16.3. The summed E-state index contributed by atoms with van der Waals surface area (Å²) in [5.74, 6) is 2.81. The highest BCUT2D eigenvalue weighted by atomic mass is 32.2. The zero-order chi connectivity index (χ0) is 23.9. The molecule has 2 fully saturated rings. The Morgan fingerprint density at radius 1 is 1.15 bits per heavy atom. The maximum Gasteiger partial charge on any atom is 0.416 e. The number of hydrogen-bond acceptors (Lipinski definition) is 7. The monoisotopic (exact) mass is 492 g/mol. The van der Waals surface area contributed by atoms with Crippen LogP contribution in [0.25, 0.3) is 11.6 Å². The van der Waals surface area contributed by atoms with Crippen molar-refractivity contribution in [2.24, 2.45) is 13.0 Å². The summed E-state index contributed by atoms with van der Waals surface area (Å²) in [4.78, 5) is 8.88. The predicted molar refractivity (Wildman–Crippen MR) is 124 cm³/mol. The summed E-state index contributed by atoms with van der Waals surface area (Å²) in [6, 6.07) is 5.97. The maximum atomic E-state index is 12.9. The first-order valence-corrected chi connectivity index (χ1v) is 12.4. The van der Waals surface area contributed by atoms with Crippen LogP contribution in [-0.4, -0.2) is 62.6 Å². The molecule has 2 saturated heterocycles. The molecule has 34 heavy (non-hydrogen) atoms. The summed E-state index contributed by atoms with van der Waals surface area (Å²) in [5, 5.41) is 9.39. The Bertz CT molecular complexity index is 1130. The third kappa shape index (κ3) is 4.55. The van der Waals surface area contributed by atoms with Gasteiger partial charge in [-0.2, -0.15) is 13.2 Å². The molecular formula is C23H27F3N6OS. The molecule has 2 atom stereocenters. The molecular weight excluding hydrogens is 465 g/mol. The molecule has 4 heterocycles. The minimum absolute atomic E-state index is 0.371. The molecule has 0 N–H and O–H groups in total. The van der Waals surface area contributed by atoms with Crippen LogP contribution in [0.15, 0.2) is 40.2 Å². The molecule has 2 aliphatic rings. The Hall–Kier alpha value is -2.53. The molecule has 0 bridgehead atoms. The number of alkyl halides is 3.